The highest BCUT2D eigenvalue weighted by Crippen LogP contribution is 2.31. The molecular weight excluding hydrogens is 366 g/mol. The molecule has 100 valence electrons. The molecule has 1 heterocycles. The Labute approximate surface area is 115 Å². The van der Waals surface area contributed by atoms with Crippen molar-refractivity contribution in [2.45, 2.75) is 20.2 Å². The predicted octanol–water partition coefficient (Wildman–Crippen LogP) is 3.07. The van der Waals surface area contributed by atoms with Gasteiger partial charge < -0.3 is 9.47 Å². The van der Waals surface area contributed by atoms with E-state index in [-0.39, 0.29) is 17.7 Å². The van der Waals surface area contributed by atoms with Crippen molar-refractivity contribution in [3.63, 3.8) is 0 Å². The molecule has 0 spiro atoms. The smallest absolute Gasteiger partial charge is 0.462 e. The minimum absolute atomic E-state index is 0.0509. The average Bonchev–Trinajstić information content (AvgIpc) is 2.23. The quantitative estimate of drug-likeness (QED) is 0.463. The van der Waals surface area contributed by atoms with E-state index in [9.17, 15) is 18.0 Å². The first-order valence-corrected chi connectivity index (χ1v) is 5.92. The molecule has 0 amide bonds. The maximum Gasteiger partial charge on any atom is 0.573 e. The molecule has 18 heavy (non-hydrogen) atoms. The Balaban J connectivity index is 3.25. The lowest BCUT2D eigenvalue weighted by Gasteiger charge is -2.15. The zero-order valence-corrected chi connectivity index (χ0v) is 11.6. The molecule has 0 aromatic carbocycles. The van der Waals surface area contributed by atoms with E-state index in [2.05, 4.69) is 14.5 Å². The maximum atomic E-state index is 12.3. The first kappa shape index (κ1) is 15.0. The Bertz CT molecular complexity index is 462. The number of aromatic nitrogens is 1. The van der Waals surface area contributed by atoms with Crippen LogP contribution < -0.4 is 4.74 Å². The zero-order chi connectivity index (χ0) is 13.9. The monoisotopic (exact) mass is 375 g/mol. The number of carbonyl (C=O) groups excluding carboxylic acids is 1. The van der Waals surface area contributed by atoms with E-state index in [0.717, 1.165) is 6.20 Å². The third-order valence-electron chi connectivity index (χ3n) is 1.91. The van der Waals surface area contributed by atoms with Crippen LogP contribution in [-0.4, -0.2) is 23.9 Å². The van der Waals surface area contributed by atoms with E-state index in [4.69, 9.17) is 0 Å². The lowest BCUT2D eigenvalue weighted by Crippen LogP contribution is -2.21. The number of hydrogen-bond acceptors (Lipinski definition) is 4. The summed E-state index contributed by atoms with van der Waals surface area (Å²) in [4.78, 5) is 15.3. The van der Waals surface area contributed by atoms with Crippen molar-refractivity contribution in [2.75, 3.05) is 6.61 Å². The molecule has 1 rings (SSSR count). The van der Waals surface area contributed by atoms with Gasteiger partial charge in [0.1, 0.15) is 9.26 Å². The van der Waals surface area contributed by atoms with E-state index >= 15 is 0 Å². The largest absolute Gasteiger partial charge is 0.573 e. The van der Waals surface area contributed by atoms with E-state index in [0.29, 0.717) is 3.70 Å². The molecule has 0 aliphatic carbocycles. The standard InChI is InChI=1S/C10H9F3INO3/c1-3-17-9(16)6-4-15-8(14)5(2)7(6)18-10(11,12)13/h4H,3H2,1-2H3. The third kappa shape index (κ3) is 3.72. The summed E-state index contributed by atoms with van der Waals surface area (Å²) in [6.07, 6.45) is -3.87. The number of nitrogens with zero attached hydrogens (tertiary/aromatic N) is 1. The molecule has 1 aromatic rings. The number of halogens is 4. The molecule has 8 heteroatoms. The van der Waals surface area contributed by atoms with Gasteiger partial charge in [0.05, 0.1) is 6.61 Å². The van der Waals surface area contributed by atoms with Crippen LogP contribution in [0.5, 0.6) is 5.75 Å². The molecule has 0 saturated carbocycles. The molecule has 0 bridgehead atoms. The van der Waals surface area contributed by atoms with E-state index in [1.54, 1.807) is 29.5 Å². The van der Waals surface area contributed by atoms with Crippen molar-refractivity contribution in [2.24, 2.45) is 0 Å². The summed E-state index contributed by atoms with van der Waals surface area (Å²) < 4.78 is 45.7. The van der Waals surface area contributed by atoms with Crippen molar-refractivity contribution in [3.8, 4) is 5.75 Å². The van der Waals surface area contributed by atoms with Crippen molar-refractivity contribution < 1.29 is 27.4 Å². The second-order valence-corrected chi connectivity index (χ2v) is 4.21. The lowest BCUT2D eigenvalue weighted by molar-refractivity contribution is -0.275. The molecule has 0 N–H and O–H groups in total. The van der Waals surface area contributed by atoms with Crippen molar-refractivity contribution >= 4 is 28.6 Å². The minimum atomic E-state index is -4.88. The lowest BCUT2D eigenvalue weighted by atomic mass is 10.2. The topological polar surface area (TPSA) is 48.4 Å². The van der Waals surface area contributed by atoms with Gasteiger partial charge in [0, 0.05) is 11.8 Å². The van der Waals surface area contributed by atoms with Gasteiger partial charge in [-0.15, -0.1) is 13.2 Å². The number of alkyl halides is 3. The van der Waals surface area contributed by atoms with Gasteiger partial charge in [0.15, 0.2) is 5.75 Å². The SMILES string of the molecule is CCOC(=O)c1cnc(I)c(C)c1OC(F)(F)F. The zero-order valence-electron chi connectivity index (χ0n) is 9.47. The first-order valence-electron chi connectivity index (χ1n) is 4.84. The first-order chi connectivity index (χ1) is 8.26. The summed E-state index contributed by atoms with van der Waals surface area (Å²) in [6.45, 7) is 2.99. The van der Waals surface area contributed by atoms with Crippen LogP contribution in [0.4, 0.5) is 13.2 Å². The highest BCUT2D eigenvalue weighted by Gasteiger charge is 2.34. The second kappa shape index (κ2) is 5.72. The Morgan fingerprint density at radius 1 is 1.50 bits per heavy atom. The van der Waals surface area contributed by atoms with Crippen molar-refractivity contribution in [3.05, 3.63) is 21.0 Å². The van der Waals surface area contributed by atoms with Gasteiger partial charge in [0.25, 0.3) is 0 Å². The Morgan fingerprint density at radius 3 is 2.61 bits per heavy atom. The van der Waals surface area contributed by atoms with Crippen molar-refractivity contribution in [1.29, 1.82) is 0 Å². The Kier molecular flexibility index (Phi) is 4.77. The summed E-state index contributed by atoms with van der Waals surface area (Å²) in [6, 6.07) is 0. The summed E-state index contributed by atoms with van der Waals surface area (Å²) in [5.41, 5.74) is -0.203. The van der Waals surface area contributed by atoms with Crippen LogP contribution in [-0.2, 0) is 4.74 Å². The van der Waals surface area contributed by atoms with Gasteiger partial charge in [-0.25, -0.2) is 9.78 Å². The van der Waals surface area contributed by atoms with Gasteiger partial charge in [-0.1, -0.05) is 0 Å². The summed E-state index contributed by atoms with van der Waals surface area (Å²) >= 11 is 1.75. The third-order valence-corrected chi connectivity index (χ3v) is 3.00. The van der Waals surface area contributed by atoms with E-state index in [1.165, 1.54) is 6.92 Å². The van der Waals surface area contributed by atoms with Gasteiger partial charge in [-0.2, -0.15) is 0 Å². The van der Waals surface area contributed by atoms with Crippen LogP contribution >= 0.6 is 22.6 Å². The molecule has 0 fully saturated rings. The van der Waals surface area contributed by atoms with Gasteiger partial charge >= 0.3 is 12.3 Å². The number of hydrogen-bond donors (Lipinski definition) is 0. The van der Waals surface area contributed by atoms with Gasteiger partial charge in [-0.05, 0) is 36.4 Å². The van der Waals surface area contributed by atoms with Crippen LogP contribution in [0.25, 0.3) is 0 Å². The number of ether oxygens (including phenoxy) is 2. The molecule has 0 saturated heterocycles. The van der Waals surface area contributed by atoms with Crippen LogP contribution in [0.2, 0.25) is 0 Å². The van der Waals surface area contributed by atoms with Crippen LogP contribution in [0, 0.1) is 10.6 Å². The fourth-order valence-electron chi connectivity index (χ4n) is 1.17. The number of carbonyl (C=O) groups is 1. The fraction of sp³-hybridized carbons (Fsp3) is 0.400. The van der Waals surface area contributed by atoms with Crippen molar-refractivity contribution in [1.82, 2.24) is 4.98 Å². The highest BCUT2D eigenvalue weighted by molar-refractivity contribution is 14.1. The Morgan fingerprint density at radius 2 is 2.11 bits per heavy atom. The fourth-order valence-corrected chi connectivity index (χ4v) is 1.56. The summed E-state index contributed by atoms with van der Waals surface area (Å²) in [5.74, 6) is -1.47. The van der Waals surface area contributed by atoms with Crippen LogP contribution in [0.15, 0.2) is 6.20 Å². The highest BCUT2D eigenvalue weighted by atomic mass is 127. The molecule has 1 aromatic heterocycles. The minimum Gasteiger partial charge on any atom is -0.462 e. The molecule has 0 radical (unpaired) electrons. The molecule has 0 aliphatic heterocycles. The number of pyridine rings is 1. The summed E-state index contributed by atoms with van der Waals surface area (Å²) in [7, 11) is 0. The van der Waals surface area contributed by atoms with Gasteiger partial charge in [0.2, 0.25) is 0 Å². The second-order valence-electron chi connectivity index (χ2n) is 3.19. The van der Waals surface area contributed by atoms with Crippen LogP contribution in [0.3, 0.4) is 0 Å². The molecule has 0 unspecified atom stereocenters. The molecule has 0 aliphatic rings. The Hall–Kier alpha value is -1.06. The van der Waals surface area contributed by atoms with E-state index < -0.39 is 18.1 Å². The number of rotatable bonds is 3. The van der Waals surface area contributed by atoms with Crippen LogP contribution in [0.1, 0.15) is 22.8 Å². The van der Waals surface area contributed by atoms with E-state index in [1.807, 2.05) is 0 Å². The molecular formula is C10H9F3INO3. The normalized spacial score (nSPS) is 11.2. The van der Waals surface area contributed by atoms with Gasteiger partial charge in [-0.3, -0.25) is 0 Å². The molecule has 4 nitrogen and oxygen atoms in total. The predicted molar refractivity (Wildman–Crippen MR) is 64.3 cm³/mol. The summed E-state index contributed by atoms with van der Waals surface area (Å²) in [5, 5.41) is 0. The molecule has 0 atom stereocenters. The number of esters is 1. The maximum absolute atomic E-state index is 12.3. The average molecular weight is 375 g/mol.